The molecule has 0 unspecified atom stereocenters. The zero-order valence-electron chi connectivity index (χ0n) is 12.4. The lowest BCUT2D eigenvalue weighted by atomic mass is 10.0. The Morgan fingerprint density at radius 3 is 2.57 bits per heavy atom. The molecule has 2 heterocycles. The highest BCUT2D eigenvalue weighted by atomic mass is 16.5. The molecule has 3 rings (SSSR count). The number of pyridine rings is 1. The van der Waals surface area contributed by atoms with Gasteiger partial charge in [-0.2, -0.15) is 0 Å². The average molecular weight is 279 g/mol. The van der Waals surface area contributed by atoms with E-state index in [1.54, 1.807) is 7.11 Å². The topological polar surface area (TPSA) is 30.7 Å². The van der Waals surface area contributed by atoms with E-state index in [0.29, 0.717) is 5.69 Å². The van der Waals surface area contributed by atoms with Gasteiger partial charge in [0.1, 0.15) is 5.75 Å². The Balaban J connectivity index is 2.24. The molecule has 0 saturated carbocycles. The summed E-state index contributed by atoms with van der Waals surface area (Å²) in [7, 11) is 1.66. The molecule has 0 aliphatic rings. The number of carbonyl (C=O) groups excluding carboxylic acids is 1. The number of ether oxygens (including phenoxy) is 1. The highest BCUT2D eigenvalue weighted by Gasteiger charge is 2.12. The third-order valence-electron chi connectivity index (χ3n) is 3.77. The molecular weight excluding hydrogens is 262 g/mol. The first-order chi connectivity index (χ1) is 10.1. The second-order valence-electron chi connectivity index (χ2n) is 5.25. The van der Waals surface area contributed by atoms with Gasteiger partial charge in [0.05, 0.1) is 12.8 Å². The lowest BCUT2D eigenvalue weighted by Crippen LogP contribution is -1.93. The van der Waals surface area contributed by atoms with Crippen molar-refractivity contribution in [2.24, 2.45) is 0 Å². The molecule has 0 spiro atoms. The molecule has 3 aromatic rings. The van der Waals surface area contributed by atoms with Gasteiger partial charge in [0.25, 0.3) is 0 Å². The summed E-state index contributed by atoms with van der Waals surface area (Å²) in [6.45, 7) is 4.02. The van der Waals surface area contributed by atoms with Crippen molar-refractivity contribution in [2.45, 2.75) is 13.8 Å². The molecule has 0 aliphatic carbocycles. The number of rotatable bonds is 3. The molecule has 0 fully saturated rings. The first kappa shape index (κ1) is 13.4. The highest BCUT2D eigenvalue weighted by Crippen LogP contribution is 2.30. The fourth-order valence-corrected chi connectivity index (χ4v) is 2.69. The number of aromatic nitrogens is 1. The number of methoxy groups -OCH3 is 1. The number of aldehydes is 1. The zero-order valence-corrected chi connectivity index (χ0v) is 12.4. The van der Waals surface area contributed by atoms with Gasteiger partial charge in [-0.05, 0) is 54.8 Å². The average Bonchev–Trinajstić information content (AvgIpc) is 2.84. The van der Waals surface area contributed by atoms with Crippen LogP contribution in [-0.2, 0) is 0 Å². The minimum absolute atomic E-state index is 0.679. The van der Waals surface area contributed by atoms with Crippen molar-refractivity contribution in [2.75, 3.05) is 7.11 Å². The quantitative estimate of drug-likeness (QED) is 0.677. The molecule has 0 N–H and O–H groups in total. The number of fused-ring (bicyclic) bond motifs is 1. The van der Waals surface area contributed by atoms with Crippen molar-refractivity contribution in [3.05, 3.63) is 59.4 Å². The smallest absolute Gasteiger partial charge is 0.167 e. The number of aryl methyl sites for hydroxylation is 2. The number of hydrogen-bond donors (Lipinski definition) is 0. The van der Waals surface area contributed by atoms with E-state index in [1.165, 1.54) is 0 Å². The third-order valence-corrected chi connectivity index (χ3v) is 3.77. The maximum absolute atomic E-state index is 11.5. The van der Waals surface area contributed by atoms with E-state index in [0.717, 1.165) is 39.8 Å². The van der Waals surface area contributed by atoms with Crippen LogP contribution in [0.3, 0.4) is 0 Å². The highest BCUT2D eigenvalue weighted by molar-refractivity contribution is 5.90. The molecule has 2 aromatic heterocycles. The predicted octanol–water partition coefficient (Wildman–Crippen LogP) is 4.04. The first-order valence-electron chi connectivity index (χ1n) is 6.86. The van der Waals surface area contributed by atoms with Crippen LogP contribution in [0.2, 0.25) is 0 Å². The van der Waals surface area contributed by atoms with Crippen LogP contribution in [0.4, 0.5) is 0 Å². The van der Waals surface area contributed by atoms with Crippen molar-refractivity contribution in [1.82, 2.24) is 4.40 Å². The molecule has 1 aromatic carbocycles. The van der Waals surface area contributed by atoms with Crippen LogP contribution in [0.5, 0.6) is 5.75 Å². The van der Waals surface area contributed by atoms with Gasteiger partial charge in [0.15, 0.2) is 6.29 Å². The molecule has 0 aliphatic heterocycles. The summed E-state index contributed by atoms with van der Waals surface area (Å²) >= 11 is 0. The Hall–Kier alpha value is -2.55. The fourth-order valence-electron chi connectivity index (χ4n) is 2.69. The number of hydrogen-bond acceptors (Lipinski definition) is 2. The van der Waals surface area contributed by atoms with Crippen LogP contribution < -0.4 is 4.74 Å². The zero-order chi connectivity index (χ0) is 15.0. The van der Waals surface area contributed by atoms with Gasteiger partial charge in [-0.3, -0.25) is 4.79 Å². The first-order valence-corrected chi connectivity index (χ1v) is 6.86. The van der Waals surface area contributed by atoms with Gasteiger partial charge < -0.3 is 9.14 Å². The van der Waals surface area contributed by atoms with Gasteiger partial charge in [-0.15, -0.1) is 0 Å². The van der Waals surface area contributed by atoms with E-state index < -0.39 is 0 Å². The van der Waals surface area contributed by atoms with Crippen LogP contribution in [0, 0.1) is 13.8 Å². The largest absolute Gasteiger partial charge is 0.496 e. The molecule has 0 radical (unpaired) electrons. The Morgan fingerprint density at radius 2 is 1.90 bits per heavy atom. The van der Waals surface area contributed by atoms with Gasteiger partial charge in [-0.1, -0.05) is 12.1 Å². The van der Waals surface area contributed by atoms with E-state index >= 15 is 0 Å². The Kier molecular flexibility index (Phi) is 3.26. The van der Waals surface area contributed by atoms with Gasteiger partial charge >= 0.3 is 0 Å². The van der Waals surface area contributed by atoms with E-state index in [2.05, 4.69) is 0 Å². The summed E-state index contributed by atoms with van der Waals surface area (Å²) in [5, 5.41) is 0. The van der Waals surface area contributed by atoms with E-state index in [1.807, 2.05) is 60.8 Å². The summed E-state index contributed by atoms with van der Waals surface area (Å²) in [6.07, 6.45) is 2.90. The van der Waals surface area contributed by atoms with Gasteiger partial charge in [0, 0.05) is 17.3 Å². The number of carbonyl (C=O) groups is 1. The van der Waals surface area contributed by atoms with E-state index in [4.69, 9.17) is 4.74 Å². The predicted molar refractivity (Wildman–Crippen MR) is 84.2 cm³/mol. The third kappa shape index (κ3) is 2.21. The molecular formula is C18H17NO2. The number of benzene rings is 1. The van der Waals surface area contributed by atoms with Gasteiger partial charge in [-0.25, -0.2) is 0 Å². The van der Waals surface area contributed by atoms with Crippen LogP contribution >= 0.6 is 0 Å². The molecule has 0 bridgehead atoms. The van der Waals surface area contributed by atoms with Crippen LogP contribution in [-0.4, -0.2) is 17.8 Å². The Morgan fingerprint density at radius 1 is 1.10 bits per heavy atom. The van der Waals surface area contributed by atoms with E-state index in [9.17, 15) is 4.79 Å². The SMILES string of the molecule is COc1ccc(-c2cc3ccc(C)cn3c2C=O)cc1C. The molecule has 3 nitrogen and oxygen atoms in total. The van der Waals surface area contributed by atoms with Gasteiger partial charge in [0.2, 0.25) is 0 Å². The van der Waals surface area contributed by atoms with Crippen molar-refractivity contribution < 1.29 is 9.53 Å². The lowest BCUT2D eigenvalue weighted by molar-refractivity contribution is 0.111. The van der Waals surface area contributed by atoms with Crippen molar-refractivity contribution in [3.63, 3.8) is 0 Å². The summed E-state index contributed by atoms with van der Waals surface area (Å²) < 4.78 is 7.23. The second-order valence-corrected chi connectivity index (χ2v) is 5.25. The van der Waals surface area contributed by atoms with Crippen LogP contribution in [0.15, 0.2) is 42.6 Å². The summed E-state index contributed by atoms with van der Waals surface area (Å²) in [5.74, 6) is 0.853. The maximum Gasteiger partial charge on any atom is 0.167 e. The van der Waals surface area contributed by atoms with Crippen LogP contribution in [0.1, 0.15) is 21.6 Å². The number of nitrogens with zero attached hydrogens (tertiary/aromatic N) is 1. The maximum atomic E-state index is 11.5. The Bertz CT molecular complexity index is 831. The molecule has 21 heavy (non-hydrogen) atoms. The Labute approximate surface area is 123 Å². The normalized spacial score (nSPS) is 10.8. The monoisotopic (exact) mass is 279 g/mol. The molecule has 0 saturated heterocycles. The summed E-state index contributed by atoms with van der Waals surface area (Å²) in [4.78, 5) is 11.5. The molecule has 3 heteroatoms. The molecule has 0 atom stereocenters. The molecule has 106 valence electrons. The lowest BCUT2D eigenvalue weighted by Gasteiger charge is -2.07. The summed E-state index contributed by atoms with van der Waals surface area (Å²) in [5.41, 5.74) is 5.85. The minimum atomic E-state index is 0.679. The second kappa shape index (κ2) is 5.09. The minimum Gasteiger partial charge on any atom is -0.496 e. The van der Waals surface area contributed by atoms with E-state index in [-0.39, 0.29) is 0 Å². The molecule has 0 amide bonds. The van der Waals surface area contributed by atoms with Crippen LogP contribution in [0.25, 0.3) is 16.6 Å². The fraction of sp³-hybridized carbons (Fsp3) is 0.167. The van der Waals surface area contributed by atoms with Crippen molar-refractivity contribution in [1.29, 1.82) is 0 Å². The standard InChI is InChI=1S/C18H17NO2/c1-12-4-6-15-9-16(17(11-20)19(15)10-12)14-5-7-18(21-3)13(2)8-14/h4-11H,1-3H3. The van der Waals surface area contributed by atoms with Crippen molar-refractivity contribution >= 4 is 11.8 Å². The summed E-state index contributed by atoms with van der Waals surface area (Å²) in [6, 6.07) is 12.1. The van der Waals surface area contributed by atoms with Crippen molar-refractivity contribution in [3.8, 4) is 16.9 Å².